The lowest BCUT2D eigenvalue weighted by Gasteiger charge is -2.08. The maximum Gasteiger partial charge on any atom is 0.399 e. The highest BCUT2D eigenvalue weighted by atomic mass is 16.6. The van der Waals surface area contributed by atoms with Crippen molar-refractivity contribution in [1.82, 2.24) is 19.3 Å². The van der Waals surface area contributed by atoms with Crippen LogP contribution in [-0.2, 0) is 20.0 Å². The van der Waals surface area contributed by atoms with Crippen molar-refractivity contribution in [2.24, 2.45) is 7.05 Å². The summed E-state index contributed by atoms with van der Waals surface area (Å²) in [6.07, 6.45) is 0.571. The molecule has 5 rings (SSSR count). The molecule has 0 aliphatic carbocycles. The molecule has 0 fully saturated rings. The van der Waals surface area contributed by atoms with E-state index in [0.29, 0.717) is 24.1 Å². The second kappa shape index (κ2) is 7.34. The maximum atomic E-state index is 13.1. The first-order valence-corrected chi connectivity index (χ1v) is 9.89. The molecule has 5 aromatic rings. The van der Waals surface area contributed by atoms with Gasteiger partial charge in [-0.25, -0.2) is 4.98 Å². The summed E-state index contributed by atoms with van der Waals surface area (Å²) in [4.78, 5) is 28.7. The number of anilines is 1. The van der Waals surface area contributed by atoms with Crippen molar-refractivity contribution < 1.29 is 9.34 Å². The van der Waals surface area contributed by atoms with E-state index < -0.39 is 16.3 Å². The van der Waals surface area contributed by atoms with Crippen LogP contribution in [0.15, 0.2) is 63.8 Å². The number of oxazole rings is 1. The normalized spacial score (nSPS) is 11.4. The smallest absolute Gasteiger partial charge is 0.399 e. The van der Waals surface area contributed by atoms with Gasteiger partial charge in [0, 0.05) is 6.54 Å². The molecule has 32 heavy (non-hydrogen) atoms. The van der Waals surface area contributed by atoms with Gasteiger partial charge >= 0.3 is 11.4 Å². The van der Waals surface area contributed by atoms with Crippen LogP contribution in [0.1, 0.15) is 5.56 Å². The lowest BCUT2D eigenvalue weighted by Crippen LogP contribution is -2.23. The number of aryl methyl sites for hydroxylation is 3. The van der Waals surface area contributed by atoms with E-state index in [1.807, 2.05) is 30.3 Å². The first-order chi connectivity index (χ1) is 15.5. The molecule has 0 saturated carbocycles. The van der Waals surface area contributed by atoms with E-state index in [0.717, 1.165) is 10.2 Å². The molecule has 0 atom stereocenters. The predicted molar refractivity (Wildman–Crippen MR) is 119 cm³/mol. The van der Waals surface area contributed by atoms with Crippen LogP contribution in [-0.4, -0.2) is 24.3 Å². The summed E-state index contributed by atoms with van der Waals surface area (Å²) in [6, 6.07) is 16.8. The molecule has 0 radical (unpaired) electrons. The monoisotopic (exact) mass is 430 g/mol. The Balaban J connectivity index is 1.81. The molecule has 2 aromatic carbocycles. The largest absolute Gasteiger partial charge is 0.436 e. The molecule has 0 bridgehead atoms. The summed E-state index contributed by atoms with van der Waals surface area (Å²) < 4.78 is 8.40. The summed E-state index contributed by atoms with van der Waals surface area (Å²) in [7, 11) is 1.37. The summed E-state index contributed by atoms with van der Waals surface area (Å²) in [5, 5.41) is 15.8. The number of nitro groups is 1. The molecular weight excluding hydrogens is 412 g/mol. The highest BCUT2D eigenvalue weighted by molar-refractivity contribution is 6.05. The lowest BCUT2D eigenvalue weighted by molar-refractivity contribution is -0.388. The van der Waals surface area contributed by atoms with Gasteiger partial charge in [-0.1, -0.05) is 42.5 Å². The molecule has 0 aliphatic heterocycles. The van der Waals surface area contributed by atoms with Crippen LogP contribution in [0.25, 0.3) is 33.5 Å². The summed E-state index contributed by atoms with van der Waals surface area (Å²) in [5.41, 5.74) is 8.41. The molecule has 10 nitrogen and oxygen atoms in total. The number of rotatable bonds is 5. The number of nitrogens with two attached hydrogens (primary N) is 1. The van der Waals surface area contributed by atoms with Crippen LogP contribution in [0.3, 0.4) is 0 Å². The van der Waals surface area contributed by atoms with Gasteiger partial charge in [-0.2, -0.15) is 0 Å². The minimum Gasteiger partial charge on any atom is -0.436 e. The zero-order valence-electron chi connectivity index (χ0n) is 17.1. The molecule has 160 valence electrons. The van der Waals surface area contributed by atoms with Crippen molar-refractivity contribution in [2.75, 3.05) is 5.73 Å². The third-order valence-electron chi connectivity index (χ3n) is 5.42. The highest BCUT2D eigenvalue weighted by Gasteiger charge is 2.32. The van der Waals surface area contributed by atoms with Crippen LogP contribution in [0.2, 0.25) is 0 Å². The number of nitrogen functional groups attached to an aromatic ring is 1. The average molecular weight is 430 g/mol. The van der Waals surface area contributed by atoms with Crippen LogP contribution < -0.4 is 11.3 Å². The maximum absolute atomic E-state index is 13.1. The molecule has 0 unspecified atom stereocenters. The molecule has 10 heteroatoms. The summed E-state index contributed by atoms with van der Waals surface area (Å²) in [6.45, 7) is 0.336. The minimum absolute atomic E-state index is 0.0233. The zero-order chi connectivity index (χ0) is 22.4. The van der Waals surface area contributed by atoms with Crippen LogP contribution in [0, 0.1) is 10.1 Å². The Hall–Kier alpha value is -4.47. The summed E-state index contributed by atoms with van der Waals surface area (Å²) in [5.74, 6) is -0.217. The van der Waals surface area contributed by atoms with Gasteiger partial charge in [0.25, 0.3) is 0 Å². The van der Waals surface area contributed by atoms with Crippen molar-refractivity contribution >= 4 is 33.6 Å². The van der Waals surface area contributed by atoms with Crippen molar-refractivity contribution in [3.63, 3.8) is 0 Å². The third-order valence-corrected chi connectivity index (χ3v) is 5.42. The van der Waals surface area contributed by atoms with Crippen molar-refractivity contribution in [2.45, 2.75) is 13.0 Å². The average Bonchev–Trinajstić information content (AvgIpc) is 3.33. The van der Waals surface area contributed by atoms with Gasteiger partial charge in [-0.3, -0.25) is 4.79 Å². The molecule has 0 saturated heterocycles. The van der Waals surface area contributed by atoms with Crippen LogP contribution >= 0.6 is 0 Å². The van der Waals surface area contributed by atoms with Crippen LogP contribution in [0.5, 0.6) is 0 Å². The Morgan fingerprint density at radius 2 is 1.84 bits per heavy atom. The van der Waals surface area contributed by atoms with Gasteiger partial charge in [0.1, 0.15) is 22.2 Å². The van der Waals surface area contributed by atoms with Gasteiger partial charge in [0.05, 0.1) is 17.7 Å². The predicted octanol–water partition coefficient (Wildman–Crippen LogP) is 3.28. The van der Waals surface area contributed by atoms with E-state index in [-0.39, 0.29) is 28.2 Å². The molecule has 0 amide bonds. The van der Waals surface area contributed by atoms with E-state index >= 15 is 0 Å². The van der Waals surface area contributed by atoms with E-state index in [1.165, 1.54) is 7.05 Å². The number of hydrogen-bond donors (Lipinski definition) is 1. The fraction of sp³-hybridized carbons (Fsp3) is 0.136. The number of aromatic nitrogens is 4. The van der Waals surface area contributed by atoms with Gasteiger partial charge in [-0.05, 0) is 29.0 Å². The SMILES string of the molecule is Cn1nc([N+](=O)[O-])c2c(-c3nc4ccccc4o3)c(N)n(CCc3ccccc3)c2c1=O. The van der Waals surface area contributed by atoms with Gasteiger partial charge in [0.15, 0.2) is 5.58 Å². The zero-order valence-corrected chi connectivity index (χ0v) is 17.1. The van der Waals surface area contributed by atoms with Crippen molar-refractivity contribution in [1.29, 1.82) is 0 Å². The fourth-order valence-electron chi connectivity index (χ4n) is 3.91. The van der Waals surface area contributed by atoms with Gasteiger partial charge < -0.3 is 24.8 Å². The highest BCUT2D eigenvalue weighted by Crippen LogP contribution is 2.40. The van der Waals surface area contributed by atoms with E-state index in [1.54, 1.807) is 28.8 Å². The molecular formula is C22H18N6O4. The lowest BCUT2D eigenvalue weighted by atomic mass is 10.1. The third kappa shape index (κ3) is 3.00. The number of fused-ring (bicyclic) bond motifs is 2. The van der Waals surface area contributed by atoms with E-state index in [9.17, 15) is 14.9 Å². The summed E-state index contributed by atoms with van der Waals surface area (Å²) >= 11 is 0. The molecule has 3 aromatic heterocycles. The Bertz CT molecular complexity index is 1520. The van der Waals surface area contributed by atoms with E-state index in [2.05, 4.69) is 10.1 Å². The number of benzene rings is 2. The van der Waals surface area contributed by atoms with Crippen molar-refractivity contribution in [3.8, 4) is 11.5 Å². The number of nitrogens with zero attached hydrogens (tertiary/aromatic N) is 5. The molecule has 0 aliphatic rings. The minimum atomic E-state index is -0.630. The first kappa shape index (κ1) is 19.5. The Kier molecular flexibility index (Phi) is 4.47. The topological polar surface area (TPSA) is 135 Å². The van der Waals surface area contributed by atoms with Gasteiger partial charge in [0.2, 0.25) is 5.89 Å². The Labute approximate surface area is 180 Å². The number of hydrogen-bond acceptors (Lipinski definition) is 7. The molecule has 3 heterocycles. The molecule has 2 N–H and O–H groups in total. The van der Waals surface area contributed by atoms with Gasteiger partial charge in [-0.15, -0.1) is 4.68 Å². The quantitative estimate of drug-likeness (QED) is 0.334. The second-order valence-corrected chi connectivity index (χ2v) is 7.37. The number of para-hydroxylation sites is 2. The standard InChI is InChI=1S/C22H18N6O4/c1-26-22(29)18-16(20(25-26)28(30)31)17(21-24-14-9-5-6-10-15(14)32-21)19(23)27(18)12-11-13-7-3-2-4-8-13/h2-10H,11-12,23H2,1H3. The van der Waals surface area contributed by atoms with Crippen molar-refractivity contribution in [3.05, 3.63) is 80.6 Å². The van der Waals surface area contributed by atoms with E-state index in [4.69, 9.17) is 10.2 Å². The fourth-order valence-corrected chi connectivity index (χ4v) is 3.91. The Morgan fingerprint density at radius 3 is 2.56 bits per heavy atom. The second-order valence-electron chi connectivity index (χ2n) is 7.37. The Morgan fingerprint density at radius 1 is 1.12 bits per heavy atom. The molecule has 0 spiro atoms. The first-order valence-electron chi connectivity index (χ1n) is 9.89. The van der Waals surface area contributed by atoms with Crippen LogP contribution in [0.4, 0.5) is 11.6 Å².